The lowest BCUT2D eigenvalue weighted by Gasteiger charge is -2.08. The van der Waals surface area contributed by atoms with Gasteiger partial charge in [-0.2, -0.15) is 0 Å². The van der Waals surface area contributed by atoms with Crippen LogP contribution in [-0.2, 0) is 6.54 Å². The van der Waals surface area contributed by atoms with E-state index in [1.807, 2.05) is 30.3 Å². The number of nitrogens with two attached hydrogens (primary N) is 1. The molecule has 0 saturated heterocycles. The maximum Gasteiger partial charge on any atom is 0.252 e. The molecule has 0 fully saturated rings. The van der Waals surface area contributed by atoms with E-state index in [4.69, 9.17) is 5.73 Å². The Morgan fingerprint density at radius 2 is 1.47 bits per heavy atom. The van der Waals surface area contributed by atoms with E-state index in [-0.39, 0.29) is 11.5 Å². The number of rotatable bonds is 4. The second-order valence-corrected chi connectivity index (χ2v) is 4.08. The maximum atomic E-state index is 12.0. The first-order chi connectivity index (χ1) is 9.18. The van der Waals surface area contributed by atoms with E-state index in [9.17, 15) is 9.59 Å². The van der Waals surface area contributed by atoms with Crippen LogP contribution in [0.2, 0.25) is 0 Å². The summed E-state index contributed by atoms with van der Waals surface area (Å²) in [6.45, 7) is 0.409. The van der Waals surface area contributed by atoms with Crippen LogP contribution in [0.25, 0.3) is 0 Å². The normalized spacial score (nSPS) is 9.89. The van der Waals surface area contributed by atoms with Crippen LogP contribution in [0, 0.1) is 0 Å². The van der Waals surface area contributed by atoms with Crippen LogP contribution in [0.3, 0.4) is 0 Å². The van der Waals surface area contributed by atoms with Gasteiger partial charge < -0.3 is 11.1 Å². The maximum absolute atomic E-state index is 12.0. The first-order valence-corrected chi connectivity index (χ1v) is 5.89. The quantitative estimate of drug-likeness (QED) is 0.871. The smallest absolute Gasteiger partial charge is 0.252 e. The number of carbonyl (C=O) groups is 2. The average Bonchev–Trinajstić information content (AvgIpc) is 2.46. The molecule has 0 unspecified atom stereocenters. The molecule has 4 nitrogen and oxygen atoms in total. The molecule has 2 rings (SSSR count). The van der Waals surface area contributed by atoms with Crippen LogP contribution in [0.5, 0.6) is 0 Å². The van der Waals surface area contributed by atoms with Crippen molar-refractivity contribution >= 4 is 11.8 Å². The molecule has 0 radical (unpaired) electrons. The summed E-state index contributed by atoms with van der Waals surface area (Å²) in [4.78, 5) is 23.3. The van der Waals surface area contributed by atoms with Crippen LogP contribution >= 0.6 is 0 Å². The minimum atomic E-state index is -0.606. The molecule has 0 aliphatic rings. The van der Waals surface area contributed by atoms with Gasteiger partial charge in [0, 0.05) is 6.54 Å². The Bertz CT molecular complexity index is 594. The number of nitrogens with one attached hydrogen (secondary N) is 1. The van der Waals surface area contributed by atoms with Crippen molar-refractivity contribution < 1.29 is 9.59 Å². The second kappa shape index (κ2) is 5.82. The molecule has 0 saturated carbocycles. The van der Waals surface area contributed by atoms with Gasteiger partial charge in [0.05, 0.1) is 11.1 Å². The third kappa shape index (κ3) is 3.19. The largest absolute Gasteiger partial charge is 0.366 e. The monoisotopic (exact) mass is 254 g/mol. The first-order valence-electron chi connectivity index (χ1n) is 5.89. The number of amides is 2. The van der Waals surface area contributed by atoms with Gasteiger partial charge >= 0.3 is 0 Å². The van der Waals surface area contributed by atoms with E-state index >= 15 is 0 Å². The van der Waals surface area contributed by atoms with Gasteiger partial charge in [-0.3, -0.25) is 9.59 Å². The summed E-state index contributed by atoms with van der Waals surface area (Å²) in [6.07, 6.45) is 0. The van der Waals surface area contributed by atoms with Gasteiger partial charge in [0.15, 0.2) is 0 Å². The van der Waals surface area contributed by atoms with Gasteiger partial charge in [0.1, 0.15) is 0 Å². The van der Waals surface area contributed by atoms with E-state index < -0.39 is 5.91 Å². The number of hydrogen-bond donors (Lipinski definition) is 2. The molecule has 0 bridgehead atoms. The summed E-state index contributed by atoms with van der Waals surface area (Å²) < 4.78 is 0. The molecule has 4 heteroatoms. The zero-order chi connectivity index (χ0) is 13.7. The number of primary amides is 1. The summed E-state index contributed by atoms with van der Waals surface area (Å²) in [5.41, 5.74) is 6.76. The number of hydrogen-bond acceptors (Lipinski definition) is 2. The Balaban J connectivity index is 2.10. The van der Waals surface area contributed by atoms with Gasteiger partial charge in [0.25, 0.3) is 5.91 Å². The van der Waals surface area contributed by atoms with E-state index in [0.29, 0.717) is 12.1 Å². The summed E-state index contributed by atoms with van der Waals surface area (Å²) in [5, 5.41) is 2.76. The Hall–Kier alpha value is -2.62. The molecule has 0 aliphatic carbocycles. The molecule has 2 aromatic rings. The van der Waals surface area contributed by atoms with E-state index in [0.717, 1.165) is 5.56 Å². The zero-order valence-corrected chi connectivity index (χ0v) is 10.3. The molecule has 96 valence electrons. The molecule has 0 heterocycles. The third-order valence-electron chi connectivity index (χ3n) is 2.73. The second-order valence-electron chi connectivity index (χ2n) is 4.08. The topological polar surface area (TPSA) is 72.2 Å². The Kier molecular flexibility index (Phi) is 3.93. The molecular formula is C15H14N2O2. The first kappa shape index (κ1) is 12.8. The Morgan fingerprint density at radius 3 is 2.11 bits per heavy atom. The van der Waals surface area contributed by atoms with Crippen molar-refractivity contribution in [1.29, 1.82) is 0 Å². The fraction of sp³-hybridized carbons (Fsp3) is 0.0667. The predicted molar refractivity (Wildman–Crippen MR) is 72.6 cm³/mol. The summed E-state index contributed by atoms with van der Waals surface area (Å²) >= 11 is 0. The van der Waals surface area contributed by atoms with Gasteiger partial charge in [-0.25, -0.2) is 0 Å². The Morgan fingerprint density at radius 1 is 0.895 bits per heavy atom. The van der Waals surface area contributed by atoms with Crippen molar-refractivity contribution in [3.63, 3.8) is 0 Å². The number of benzene rings is 2. The summed E-state index contributed by atoms with van der Waals surface area (Å²) in [6, 6.07) is 16.0. The molecule has 0 atom stereocenters. The van der Waals surface area contributed by atoms with E-state index in [1.165, 1.54) is 0 Å². The number of carbonyl (C=O) groups excluding carboxylic acids is 2. The molecule has 2 aromatic carbocycles. The van der Waals surface area contributed by atoms with Crippen molar-refractivity contribution in [2.24, 2.45) is 5.73 Å². The van der Waals surface area contributed by atoms with E-state index in [1.54, 1.807) is 24.3 Å². The van der Waals surface area contributed by atoms with Crippen molar-refractivity contribution in [3.05, 3.63) is 71.3 Å². The average molecular weight is 254 g/mol. The molecule has 0 spiro atoms. The third-order valence-corrected chi connectivity index (χ3v) is 2.73. The molecule has 2 amide bonds. The molecule has 0 aromatic heterocycles. The SMILES string of the molecule is NC(=O)c1ccccc1C(=O)NCc1ccccc1. The van der Waals surface area contributed by atoms with Crippen LogP contribution in [-0.4, -0.2) is 11.8 Å². The highest BCUT2D eigenvalue weighted by atomic mass is 16.2. The zero-order valence-electron chi connectivity index (χ0n) is 10.3. The van der Waals surface area contributed by atoms with Crippen molar-refractivity contribution in [2.75, 3.05) is 0 Å². The fourth-order valence-electron chi connectivity index (χ4n) is 1.77. The molecule has 19 heavy (non-hydrogen) atoms. The van der Waals surface area contributed by atoms with E-state index in [2.05, 4.69) is 5.32 Å². The Labute approximate surface area is 111 Å². The lowest BCUT2D eigenvalue weighted by atomic mass is 10.1. The van der Waals surface area contributed by atoms with Gasteiger partial charge in [-0.15, -0.1) is 0 Å². The van der Waals surface area contributed by atoms with Gasteiger partial charge in [0.2, 0.25) is 5.91 Å². The minimum absolute atomic E-state index is 0.230. The van der Waals surface area contributed by atoms with Crippen molar-refractivity contribution in [3.8, 4) is 0 Å². The van der Waals surface area contributed by atoms with Crippen molar-refractivity contribution in [2.45, 2.75) is 6.54 Å². The highest BCUT2D eigenvalue weighted by Crippen LogP contribution is 2.08. The molecule has 3 N–H and O–H groups in total. The summed E-state index contributed by atoms with van der Waals surface area (Å²) in [7, 11) is 0. The van der Waals surface area contributed by atoms with Gasteiger partial charge in [-0.05, 0) is 17.7 Å². The van der Waals surface area contributed by atoms with Crippen LogP contribution in [0.1, 0.15) is 26.3 Å². The van der Waals surface area contributed by atoms with Crippen LogP contribution in [0.15, 0.2) is 54.6 Å². The van der Waals surface area contributed by atoms with Crippen LogP contribution < -0.4 is 11.1 Å². The highest BCUT2D eigenvalue weighted by molar-refractivity contribution is 6.06. The van der Waals surface area contributed by atoms with Crippen molar-refractivity contribution in [1.82, 2.24) is 5.32 Å². The fourth-order valence-corrected chi connectivity index (χ4v) is 1.77. The predicted octanol–water partition coefficient (Wildman–Crippen LogP) is 1.72. The summed E-state index contributed by atoms with van der Waals surface area (Å²) in [5.74, 6) is -0.913. The lowest BCUT2D eigenvalue weighted by molar-refractivity contribution is 0.0934. The molecule has 0 aliphatic heterocycles. The standard InChI is InChI=1S/C15H14N2O2/c16-14(18)12-8-4-5-9-13(12)15(19)17-10-11-6-2-1-3-7-11/h1-9H,10H2,(H2,16,18)(H,17,19). The highest BCUT2D eigenvalue weighted by Gasteiger charge is 2.13. The molecular weight excluding hydrogens is 240 g/mol. The minimum Gasteiger partial charge on any atom is -0.366 e. The van der Waals surface area contributed by atoms with Gasteiger partial charge in [-0.1, -0.05) is 42.5 Å². The van der Waals surface area contributed by atoms with Crippen LogP contribution in [0.4, 0.5) is 0 Å². The lowest BCUT2D eigenvalue weighted by Crippen LogP contribution is -2.26.